The van der Waals surface area contributed by atoms with E-state index >= 15 is 0 Å². The summed E-state index contributed by atoms with van der Waals surface area (Å²) in [5, 5.41) is 1.63. The molecule has 0 aliphatic carbocycles. The second kappa shape index (κ2) is 11.2. The third kappa shape index (κ3) is 5.60. The number of methoxy groups -OCH3 is 4. The molecule has 24 heavy (non-hydrogen) atoms. The Balaban J connectivity index is 0.000000254. The van der Waals surface area contributed by atoms with Crippen molar-refractivity contribution in [2.45, 2.75) is 10.7 Å². The molecular weight excluding hydrogens is 440 g/mol. The topological polar surface area (TPSA) is 36.9 Å². The predicted molar refractivity (Wildman–Crippen MR) is 104 cm³/mol. The van der Waals surface area contributed by atoms with E-state index in [0.717, 1.165) is 33.7 Å². The van der Waals surface area contributed by atoms with E-state index in [4.69, 9.17) is 18.9 Å². The molecule has 0 fully saturated rings. The van der Waals surface area contributed by atoms with Crippen molar-refractivity contribution in [2.75, 3.05) is 28.4 Å². The quantitative estimate of drug-likeness (QED) is 0.554. The van der Waals surface area contributed by atoms with Crippen LogP contribution in [0.3, 0.4) is 0 Å². The number of alkyl halides is 2. The van der Waals surface area contributed by atoms with Crippen molar-refractivity contribution >= 4 is 31.9 Å². The van der Waals surface area contributed by atoms with Crippen molar-refractivity contribution in [2.24, 2.45) is 0 Å². The van der Waals surface area contributed by atoms with Crippen LogP contribution in [-0.2, 0) is 10.7 Å². The third-order valence-corrected chi connectivity index (χ3v) is 4.49. The molecule has 6 heteroatoms. The zero-order chi connectivity index (χ0) is 17.9. The molecule has 0 aliphatic heterocycles. The normalized spacial score (nSPS) is 9.58. The van der Waals surface area contributed by atoms with Gasteiger partial charge in [-0.1, -0.05) is 44.0 Å². The van der Waals surface area contributed by atoms with Crippen LogP contribution in [0.1, 0.15) is 11.1 Å². The molecule has 0 radical (unpaired) electrons. The van der Waals surface area contributed by atoms with Gasteiger partial charge in [0.1, 0.15) is 0 Å². The van der Waals surface area contributed by atoms with Gasteiger partial charge in [-0.15, -0.1) is 0 Å². The Hall–Kier alpha value is -1.40. The van der Waals surface area contributed by atoms with Crippen molar-refractivity contribution in [1.29, 1.82) is 0 Å². The van der Waals surface area contributed by atoms with E-state index in [9.17, 15) is 0 Å². The van der Waals surface area contributed by atoms with E-state index in [1.54, 1.807) is 28.4 Å². The highest BCUT2D eigenvalue weighted by molar-refractivity contribution is 9.09. The Morgan fingerprint density at radius 2 is 0.958 bits per heavy atom. The van der Waals surface area contributed by atoms with Crippen LogP contribution in [0.15, 0.2) is 36.4 Å². The molecule has 0 saturated heterocycles. The minimum Gasteiger partial charge on any atom is -0.493 e. The Morgan fingerprint density at radius 1 is 0.625 bits per heavy atom. The molecule has 0 heterocycles. The van der Waals surface area contributed by atoms with E-state index < -0.39 is 0 Å². The van der Waals surface area contributed by atoms with Crippen LogP contribution >= 0.6 is 31.9 Å². The summed E-state index contributed by atoms with van der Waals surface area (Å²) in [7, 11) is 6.53. The summed E-state index contributed by atoms with van der Waals surface area (Å²) in [6.45, 7) is 0. The zero-order valence-corrected chi connectivity index (χ0v) is 17.4. The molecule has 0 spiro atoms. The van der Waals surface area contributed by atoms with Crippen molar-refractivity contribution in [3.8, 4) is 23.0 Å². The van der Waals surface area contributed by atoms with Crippen LogP contribution in [-0.4, -0.2) is 28.4 Å². The van der Waals surface area contributed by atoms with Crippen LogP contribution in [0, 0.1) is 0 Å². The molecule has 2 aromatic carbocycles. The molecule has 0 saturated carbocycles. The van der Waals surface area contributed by atoms with Crippen LogP contribution in [0.25, 0.3) is 0 Å². The SMILES string of the molecule is COc1cc(CBr)c(CBr)cc1OC.COc1ccccc1OC. The third-order valence-electron chi connectivity index (χ3n) is 3.28. The largest absolute Gasteiger partial charge is 0.493 e. The van der Waals surface area contributed by atoms with Crippen LogP contribution in [0.5, 0.6) is 23.0 Å². The molecule has 0 aromatic heterocycles. The van der Waals surface area contributed by atoms with Crippen LogP contribution in [0.4, 0.5) is 0 Å². The number of benzene rings is 2. The van der Waals surface area contributed by atoms with Crippen LogP contribution < -0.4 is 18.9 Å². The van der Waals surface area contributed by atoms with Crippen molar-refractivity contribution < 1.29 is 18.9 Å². The fourth-order valence-corrected chi connectivity index (χ4v) is 3.04. The van der Waals surface area contributed by atoms with Crippen molar-refractivity contribution in [3.63, 3.8) is 0 Å². The highest BCUT2D eigenvalue weighted by Crippen LogP contribution is 2.32. The summed E-state index contributed by atoms with van der Waals surface area (Å²) in [5.74, 6) is 3.08. The molecule has 0 amide bonds. The van der Waals surface area contributed by atoms with E-state index in [1.165, 1.54) is 11.1 Å². The van der Waals surface area contributed by atoms with Gasteiger partial charge in [0, 0.05) is 10.7 Å². The Bertz CT molecular complexity index is 551. The van der Waals surface area contributed by atoms with Gasteiger partial charge < -0.3 is 18.9 Å². The van der Waals surface area contributed by atoms with Gasteiger partial charge in [-0.05, 0) is 35.4 Å². The average Bonchev–Trinajstić information content (AvgIpc) is 2.66. The lowest BCUT2D eigenvalue weighted by molar-refractivity contribution is 0.354. The maximum atomic E-state index is 5.22. The maximum absolute atomic E-state index is 5.22. The van der Waals surface area contributed by atoms with Crippen LogP contribution in [0.2, 0.25) is 0 Å². The molecule has 4 nitrogen and oxygen atoms in total. The summed E-state index contributed by atoms with van der Waals surface area (Å²) >= 11 is 6.88. The molecule has 0 bridgehead atoms. The monoisotopic (exact) mass is 460 g/mol. The highest BCUT2D eigenvalue weighted by Gasteiger charge is 2.09. The van der Waals surface area contributed by atoms with Gasteiger partial charge in [-0.3, -0.25) is 0 Å². The zero-order valence-electron chi connectivity index (χ0n) is 14.3. The lowest BCUT2D eigenvalue weighted by Gasteiger charge is -2.12. The van der Waals surface area contributed by atoms with Gasteiger partial charge in [0.2, 0.25) is 0 Å². The number of para-hydroxylation sites is 2. The first-order valence-corrected chi connectivity index (χ1v) is 9.42. The molecule has 132 valence electrons. The molecule has 0 aliphatic rings. The smallest absolute Gasteiger partial charge is 0.161 e. The summed E-state index contributed by atoms with van der Waals surface area (Å²) in [4.78, 5) is 0. The lowest BCUT2D eigenvalue weighted by atomic mass is 10.1. The summed E-state index contributed by atoms with van der Waals surface area (Å²) in [6, 6.07) is 11.5. The van der Waals surface area contributed by atoms with Crippen molar-refractivity contribution in [1.82, 2.24) is 0 Å². The Labute approximate surface area is 160 Å². The molecule has 0 atom stereocenters. The first-order chi connectivity index (χ1) is 11.6. The number of rotatable bonds is 6. The summed E-state index contributed by atoms with van der Waals surface area (Å²) in [5.41, 5.74) is 2.42. The van der Waals surface area contributed by atoms with Gasteiger partial charge in [0.15, 0.2) is 23.0 Å². The van der Waals surface area contributed by atoms with Gasteiger partial charge in [0.05, 0.1) is 28.4 Å². The van der Waals surface area contributed by atoms with Gasteiger partial charge in [-0.25, -0.2) is 0 Å². The minimum absolute atomic E-state index is 0.769. The standard InChI is InChI=1S/C10H12Br2O2.C8H10O2/c1-13-9-3-7(5-11)8(6-12)4-10(9)14-2;1-9-7-5-3-4-6-8(7)10-2/h3-4H,5-6H2,1-2H3;3-6H,1-2H3. The van der Waals surface area contributed by atoms with Gasteiger partial charge >= 0.3 is 0 Å². The average molecular weight is 462 g/mol. The van der Waals surface area contributed by atoms with Crippen molar-refractivity contribution in [3.05, 3.63) is 47.5 Å². The maximum Gasteiger partial charge on any atom is 0.161 e. The second-order valence-corrected chi connectivity index (χ2v) is 5.72. The highest BCUT2D eigenvalue weighted by atomic mass is 79.9. The molecular formula is C18H22Br2O4. The van der Waals surface area contributed by atoms with E-state index in [-0.39, 0.29) is 0 Å². The first kappa shape index (κ1) is 20.6. The molecule has 2 aromatic rings. The summed E-state index contributed by atoms with van der Waals surface area (Å²) < 4.78 is 20.5. The van der Waals surface area contributed by atoms with E-state index in [1.807, 2.05) is 36.4 Å². The van der Waals surface area contributed by atoms with Gasteiger partial charge in [-0.2, -0.15) is 0 Å². The Morgan fingerprint density at radius 3 is 1.21 bits per heavy atom. The second-order valence-electron chi connectivity index (χ2n) is 4.60. The summed E-state index contributed by atoms with van der Waals surface area (Å²) in [6.07, 6.45) is 0. The first-order valence-electron chi connectivity index (χ1n) is 7.17. The molecule has 0 unspecified atom stereocenters. The number of hydrogen-bond acceptors (Lipinski definition) is 4. The van der Waals surface area contributed by atoms with E-state index in [0.29, 0.717) is 0 Å². The fourth-order valence-electron chi connectivity index (χ4n) is 2.00. The molecule has 0 N–H and O–H groups in total. The number of halogens is 2. The minimum atomic E-state index is 0.769. The number of hydrogen-bond donors (Lipinski definition) is 0. The number of ether oxygens (including phenoxy) is 4. The fraction of sp³-hybridized carbons (Fsp3) is 0.333. The van der Waals surface area contributed by atoms with E-state index in [2.05, 4.69) is 31.9 Å². The Kier molecular flexibility index (Phi) is 9.64. The predicted octanol–water partition coefficient (Wildman–Crippen LogP) is 5.20. The molecule has 2 rings (SSSR count). The van der Waals surface area contributed by atoms with Gasteiger partial charge in [0.25, 0.3) is 0 Å². The lowest BCUT2D eigenvalue weighted by Crippen LogP contribution is -1.95.